The third-order valence-corrected chi connectivity index (χ3v) is 5.49. The number of nitrogens with one attached hydrogen (secondary N) is 1. The van der Waals surface area contributed by atoms with Crippen LogP contribution >= 0.6 is 0 Å². The van der Waals surface area contributed by atoms with Gasteiger partial charge in [-0.2, -0.15) is 4.98 Å². The average molecular weight is 444 g/mol. The van der Waals surface area contributed by atoms with Gasteiger partial charge in [0.1, 0.15) is 17.7 Å². The molecule has 9 heteroatoms. The highest BCUT2D eigenvalue weighted by atomic mass is 16.7. The van der Waals surface area contributed by atoms with Crippen LogP contribution in [0.1, 0.15) is 31.9 Å². The molecule has 0 radical (unpaired) electrons. The zero-order chi connectivity index (χ0) is 23.1. The average Bonchev–Trinajstić information content (AvgIpc) is 3.26. The number of nitrogens with zero attached hydrogens (tertiary/aromatic N) is 4. The summed E-state index contributed by atoms with van der Waals surface area (Å²) in [7, 11) is 5.14. The van der Waals surface area contributed by atoms with Crippen LogP contribution in [0.2, 0.25) is 0 Å². The van der Waals surface area contributed by atoms with Crippen molar-refractivity contribution in [2.75, 3.05) is 50.7 Å². The summed E-state index contributed by atoms with van der Waals surface area (Å²) in [6.45, 7) is 5.63. The summed E-state index contributed by atoms with van der Waals surface area (Å²) in [6, 6.07) is 9.77. The van der Waals surface area contributed by atoms with Crippen molar-refractivity contribution >= 4 is 17.7 Å². The molecule has 0 aliphatic carbocycles. The first-order chi connectivity index (χ1) is 15.4. The smallest absolute Gasteiger partial charge is 0.227 e. The van der Waals surface area contributed by atoms with Gasteiger partial charge in [0.25, 0.3) is 0 Å². The third kappa shape index (κ3) is 6.30. The molecule has 2 heterocycles. The van der Waals surface area contributed by atoms with Crippen LogP contribution in [0.25, 0.3) is 0 Å². The minimum atomic E-state index is -0.343. The van der Waals surface area contributed by atoms with E-state index in [2.05, 4.69) is 15.2 Å². The molecule has 3 rings (SSSR count). The molecule has 32 heavy (non-hydrogen) atoms. The minimum absolute atomic E-state index is 0.0309. The molecule has 1 aromatic carbocycles. The number of rotatable bonds is 10. The Morgan fingerprint density at radius 3 is 2.62 bits per heavy atom. The fourth-order valence-electron chi connectivity index (χ4n) is 3.70. The van der Waals surface area contributed by atoms with Gasteiger partial charge in [-0.05, 0) is 30.7 Å². The van der Waals surface area contributed by atoms with E-state index in [1.807, 2.05) is 49.2 Å². The van der Waals surface area contributed by atoms with Gasteiger partial charge < -0.3 is 29.3 Å². The van der Waals surface area contributed by atoms with E-state index in [0.29, 0.717) is 12.5 Å². The molecule has 1 N–H and O–H groups in total. The van der Waals surface area contributed by atoms with E-state index in [9.17, 15) is 4.79 Å². The normalized spacial score (nSPS) is 16.8. The highest BCUT2D eigenvalue weighted by Gasteiger charge is 2.26. The van der Waals surface area contributed by atoms with Crippen LogP contribution in [0.4, 0.5) is 11.8 Å². The van der Waals surface area contributed by atoms with Crippen molar-refractivity contribution in [1.82, 2.24) is 15.3 Å². The molecular weight excluding hydrogens is 410 g/mol. The maximum atomic E-state index is 11.2. The van der Waals surface area contributed by atoms with Crippen molar-refractivity contribution in [1.29, 1.82) is 0 Å². The quantitative estimate of drug-likeness (QED) is 0.560. The molecule has 1 aliphatic rings. The van der Waals surface area contributed by atoms with E-state index in [0.717, 1.165) is 36.6 Å². The van der Waals surface area contributed by atoms with Gasteiger partial charge >= 0.3 is 0 Å². The van der Waals surface area contributed by atoms with Crippen molar-refractivity contribution in [3.63, 3.8) is 0 Å². The first kappa shape index (κ1) is 23.7. The maximum Gasteiger partial charge on any atom is 0.227 e. The predicted molar refractivity (Wildman–Crippen MR) is 123 cm³/mol. The number of aromatic nitrogens is 2. The summed E-state index contributed by atoms with van der Waals surface area (Å²) in [4.78, 5) is 24.5. The fraction of sp³-hybridized carbons (Fsp3) is 0.522. The van der Waals surface area contributed by atoms with Crippen LogP contribution in [-0.4, -0.2) is 69.2 Å². The van der Waals surface area contributed by atoms with E-state index in [-0.39, 0.29) is 24.3 Å². The van der Waals surface area contributed by atoms with E-state index < -0.39 is 0 Å². The molecule has 9 nitrogen and oxygen atoms in total. The number of likely N-dealkylation sites (N-methyl/N-ethyl adjacent to an activating group) is 1. The number of hydrogen-bond acceptors (Lipinski definition) is 8. The summed E-state index contributed by atoms with van der Waals surface area (Å²) < 4.78 is 16.7. The van der Waals surface area contributed by atoms with Crippen LogP contribution in [0.5, 0.6) is 5.75 Å². The lowest BCUT2D eigenvalue weighted by Gasteiger charge is -2.24. The van der Waals surface area contributed by atoms with Crippen LogP contribution in [-0.2, 0) is 14.3 Å². The fourth-order valence-corrected chi connectivity index (χ4v) is 3.70. The molecule has 1 aliphatic heterocycles. The maximum absolute atomic E-state index is 11.2. The molecule has 0 bridgehead atoms. The number of methoxy groups -OCH3 is 2. The van der Waals surface area contributed by atoms with Gasteiger partial charge in [-0.15, -0.1) is 0 Å². The Hall–Kier alpha value is -2.91. The molecule has 1 fully saturated rings. The van der Waals surface area contributed by atoms with Crippen LogP contribution in [0, 0.1) is 0 Å². The monoisotopic (exact) mass is 443 g/mol. The molecular formula is C23H33N5O4. The predicted octanol–water partition coefficient (Wildman–Crippen LogP) is 2.39. The van der Waals surface area contributed by atoms with E-state index in [4.69, 9.17) is 19.2 Å². The van der Waals surface area contributed by atoms with Crippen LogP contribution in [0.15, 0.2) is 36.5 Å². The SMILES string of the molecule is COC(CN(C)c1nccc(N2CC[C@@H](Oc3ccc([C@H](C)NC(C)=O)cc3)C2)n1)OC. The molecule has 1 amide bonds. The van der Waals surface area contributed by atoms with Gasteiger partial charge in [0.2, 0.25) is 11.9 Å². The number of hydrogen-bond donors (Lipinski definition) is 1. The number of anilines is 2. The first-order valence-electron chi connectivity index (χ1n) is 10.8. The van der Waals surface area contributed by atoms with Crippen molar-refractivity contribution < 1.29 is 19.0 Å². The Morgan fingerprint density at radius 1 is 1.25 bits per heavy atom. The summed E-state index contributed by atoms with van der Waals surface area (Å²) in [5.74, 6) is 2.28. The van der Waals surface area contributed by atoms with Crippen LogP contribution < -0.4 is 19.9 Å². The summed E-state index contributed by atoms with van der Waals surface area (Å²) >= 11 is 0. The Labute approximate surface area is 189 Å². The van der Waals surface area contributed by atoms with Crippen LogP contribution in [0.3, 0.4) is 0 Å². The molecule has 174 valence electrons. The Balaban J connectivity index is 1.57. The number of ether oxygens (including phenoxy) is 3. The number of benzene rings is 1. The van der Waals surface area contributed by atoms with Gasteiger partial charge in [0.15, 0.2) is 6.29 Å². The molecule has 0 unspecified atom stereocenters. The standard InChI is InChI=1S/C23H33N5O4/c1-16(25-17(2)29)18-6-8-19(9-7-18)32-20-11-13-28(14-20)21-10-12-24-23(26-21)27(3)15-22(30-4)31-5/h6-10,12,16,20,22H,11,13-15H2,1-5H3,(H,25,29)/t16-,20+/m0/s1. The molecule has 0 saturated carbocycles. The minimum Gasteiger partial charge on any atom is -0.489 e. The largest absolute Gasteiger partial charge is 0.489 e. The van der Waals surface area contributed by atoms with Crippen molar-refractivity contribution in [2.24, 2.45) is 0 Å². The third-order valence-electron chi connectivity index (χ3n) is 5.49. The Morgan fingerprint density at radius 2 is 1.97 bits per heavy atom. The van der Waals surface area contributed by atoms with E-state index in [1.54, 1.807) is 20.4 Å². The lowest BCUT2D eigenvalue weighted by molar-refractivity contribution is -0.119. The van der Waals surface area contributed by atoms with Gasteiger partial charge in [-0.3, -0.25) is 4.79 Å². The summed E-state index contributed by atoms with van der Waals surface area (Å²) in [6.07, 6.45) is 2.42. The second-order valence-electron chi connectivity index (χ2n) is 7.96. The zero-order valence-electron chi connectivity index (χ0n) is 19.4. The topological polar surface area (TPSA) is 89.1 Å². The van der Waals surface area contributed by atoms with Crippen molar-refractivity contribution in [3.8, 4) is 5.75 Å². The van der Waals surface area contributed by atoms with Gasteiger partial charge in [-0.25, -0.2) is 4.98 Å². The van der Waals surface area contributed by atoms with E-state index in [1.165, 1.54) is 6.92 Å². The highest BCUT2D eigenvalue weighted by Crippen LogP contribution is 2.24. The molecule has 1 saturated heterocycles. The lowest BCUT2D eigenvalue weighted by atomic mass is 10.1. The second kappa shape index (κ2) is 11.1. The first-order valence-corrected chi connectivity index (χ1v) is 10.8. The Kier molecular flexibility index (Phi) is 8.24. The van der Waals surface area contributed by atoms with E-state index >= 15 is 0 Å². The van der Waals surface area contributed by atoms with Gasteiger partial charge in [-0.1, -0.05) is 12.1 Å². The number of carbonyl (C=O) groups excluding carboxylic acids is 1. The summed E-state index contributed by atoms with van der Waals surface area (Å²) in [5, 5.41) is 2.89. The Bertz CT molecular complexity index is 875. The van der Waals surface area contributed by atoms with Gasteiger partial charge in [0.05, 0.1) is 19.1 Å². The lowest BCUT2D eigenvalue weighted by Crippen LogP contribution is -2.33. The van der Waals surface area contributed by atoms with Gasteiger partial charge in [0, 0.05) is 47.4 Å². The number of carbonyl (C=O) groups is 1. The molecule has 2 atom stereocenters. The summed E-state index contributed by atoms with van der Waals surface area (Å²) in [5.41, 5.74) is 1.04. The number of amides is 1. The highest BCUT2D eigenvalue weighted by molar-refractivity contribution is 5.73. The van der Waals surface area contributed by atoms with Crippen molar-refractivity contribution in [2.45, 2.75) is 38.7 Å². The molecule has 2 aromatic rings. The molecule has 0 spiro atoms. The second-order valence-corrected chi connectivity index (χ2v) is 7.96. The van der Waals surface area contributed by atoms with Crippen molar-refractivity contribution in [3.05, 3.63) is 42.1 Å². The molecule has 1 aromatic heterocycles. The zero-order valence-corrected chi connectivity index (χ0v) is 19.4.